The fourth-order valence-corrected chi connectivity index (χ4v) is 3.25. The molecule has 0 fully saturated rings. The number of nitrogens with one attached hydrogen (secondary N) is 1. The topological polar surface area (TPSA) is 74.5 Å². The van der Waals surface area contributed by atoms with Gasteiger partial charge in [-0.2, -0.15) is 5.26 Å². The van der Waals surface area contributed by atoms with E-state index < -0.39 is 5.97 Å². The molecule has 0 aliphatic heterocycles. The molecule has 2 aromatic rings. The van der Waals surface area contributed by atoms with Crippen LogP contribution in [0.25, 0.3) is 11.1 Å². The molecule has 0 amide bonds. The zero-order valence-electron chi connectivity index (χ0n) is 12.7. The first-order valence-corrected chi connectivity index (χ1v) is 8.93. The van der Waals surface area contributed by atoms with Gasteiger partial charge in [0.1, 0.15) is 10.6 Å². The lowest BCUT2D eigenvalue weighted by Gasteiger charge is -2.06. The second-order valence-electron chi connectivity index (χ2n) is 4.27. The summed E-state index contributed by atoms with van der Waals surface area (Å²) in [6.45, 7) is 2.05. The van der Waals surface area contributed by atoms with Gasteiger partial charge in [-0.05, 0) is 18.7 Å². The maximum atomic E-state index is 12.4. The number of thioether (sulfide) groups is 1. The number of rotatable bonds is 4. The highest BCUT2D eigenvalue weighted by Gasteiger charge is 2.21. The molecule has 5 nitrogen and oxygen atoms in total. The zero-order chi connectivity index (χ0) is 16.7. The number of thiophene rings is 1. The van der Waals surface area contributed by atoms with Crippen LogP contribution in [0.5, 0.6) is 0 Å². The van der Waals surface area contributed by atoms with E-state index in [1.54, 1.807) is 13.2 Å². The highest BCUT2D eigenvalue weighted by Crippen LogP contribution is 2.38. The van der Waals surface area contributed by atoms with Crippen LogP contribution in [0.4, 0.5) is 5.00 Å². The van der Waals surface area contributed by atoms with Crippen LogP contribution >= 0.6 is 23.1 Å². The number of benzene rings is 1. The van der Waals surface area contributed by atoms with E-state index in [2.05, 4.69) is 10.3 Å². The number of amidine groups is 1. The first-order chi connectivity index (χ1) is 11.2. The summed E-state index contributed by atoms with van der Waals surface area (Å²) in [5, 5.41) is 14.1. The van der Waals surface area contributed by atoms with Gasteiger partial charge in [0.2, 0.25) is 0 Å². The first kappa shape index (κ1) is 17.1. The van der Waals surface area contributed by atoms with Crippen LogP contribution in [-0.2, 0) is 4.74 Å². The van der Waals surface area contributed by atoms with Gasteiger partial charge in [0, 0.05) is 10.9 Å². The largest absolute Gasteiger partial charge is 0.462 e. The summed E-state index contributed by atoms with van der Waals surface area (Å²) in [5.41, 5.74) is 2.13. The average Bonchev–Trinajstić information content (AvgIpc) is 2.99. The van der Waals surface area contributed by atoms with Crippen molar-refractivity contribution in [3.8, 4) is 17.3 Å². The van der Waals surface area contributed by atoms with E-state index in [0.29, 0.717) is 15.7 Å². The molecule has 0 unspecified atom stereocenters. The molecule has 1 aromatic carbocycles. The summed E-state index contributed by atoms with van der Waals surface area (Å²) in [4.78, 5) is 16.8. The molecule has 0 saturated carbocycles. The summed E-state index contributed by atoms with van der Waals surface area (Å²) in [6, 6.07) is 9.61. The monoisotopic (exact) mass is 345 g/mol. The molecule has 1 aromatic heterocycles. The van der Waals surface area contributed by atoms with E-state index >= 15 is 0 Å². The maximum absolute atomic E-state index is 12.4. The van der Waals surface area contributed by atoms with Gasteiger partial charge >= 0.3 is 5.97 Å². The number of carbonyl (C=O) groups is 1. The Kier molecular flexibility index (Phi) is 6.20. The predicted octanol–water partition coefficient (Wildman–Crippen LogP) is 4.01. The van der Waals surface area contributed by atoms with Crippen LogP contribution in [0.1, 0.15) is 17.3 Å². The van der Waals surface area contributed by atoms with Crippen LogP contribution in [0.2, 0.25) is 0 Å². The lowest BCUT2D eigenvalue weighted by atomic mass is 10.0. The number of nitrogens with zero attached hydrogens (tertiary/aromatic N) is 2. The lowest BCUT2D eigenvalue weighted by Crippen LogP contribution is -2.13. The van der Waals surface area contributed by atoms with E-state index in [4.69, 9.17) is 10.00 Å². The minimum absolute atomic E-state index is 0.290. The normalized spacial score (nSPS) is 10.9. The zero-order valence-corrected chi connectivity index (χ0v) is 14.3. The molecule has 7 heteroatoms. The van der Waals surface area contributed by atoms with E-state index in [-0.39, 0.29) is 6.61 Å². The molecule has 1 N–H and O–H groups in total. The summed E-state index contributed by atoms with van der Waals surface area (Å²) >= 11 is 2.64. The molecule has 2 rings (SSSR count). The maximum Gasteiger partial charge on any atom is 0.341 e. The molecular weight excluding hydrogens is 330 g/mol. The van der Waals surface area contributed by atoms with Gasteiger partial charge in [-0.25, -0.2) is 9.79 Å². The van der Waals surface area contributed by atoms with Gasteiger partial charge in [-0.15, -0.1) is 11.3 Å². The van der Waals surface area contributed by atoms with Crippen molar-refractivity contribution < 1.29 is 9.53 Å². The predicted molar refractivity (Wildman–Crippen MR) is 95.1 cm³/mol. The van der Waals surface area contributed by atoms with Crippen LogP contribution in [-0.4, -0.2) is 24.0 Å². The molecule has 23 heavy (non-hydrogen) atoms. The average molecular weight is 345 g/mol. The molecule has 0 aliphatic carbocycles. The van der Waals surface area contributed by atoms with Crippen molar-refractivity contribution in [3.05, 3.63) is 41.3 Å². The van der Waals surface area contributed by atoms with Crippen molar-refractivity contribution in [2.24, 2.45) is 4.99 Å². The number of carbonyl (C=O) groups excluding carboxylic acids is 1. The molecule has 0 aliphatic rings. The molecular formula is C16H15N3O2S2. The Hall–Kier alpha value is -2.30. The Bertz CT molecular complexity index is 748. The van der Waals surface area contributed by atoms with Crippen molar-refractivity contribution in [3.63, 3.8) is 0 Å². The number of hydrogen-bond donors (Lipinski definition) is 1. The fourth-order valence-electron chi connectivity index (χ4n) is 1.93. The number of esters is 1. The molecule has 0 atom stereocenters. The highest BCUT2D eigenvalue weighted by molar-refractivity contribution is 8.13. The van der Waals surface area contributed by atoms with E-state index in [0.717, 1.165) is 11.1 Å². The van der Waals surface area contributed by atoms with E-state index in [9.17, 15) is 4.79 Å². The molecule has 118 valence electrons. The van der Waals surface area contributed by atoms with Crippen molar-refractivity contribution in [1.29, 1.82) is 5.26 Å². The quantitative estimate of drug-likeness (QED) is 0.298. The third-order valence-electron chi connectivity index (χ3n) is 2.90. The molecule has 0 saturated heterocycles. The summed E-state index contributed by atoms with van der Waals surface area (Å²) in [7, 11) is 0. The van der Waals surface area contributed by atoms with Gasteiger partial charge in [-0.3, -0.25) is 5.32 Å². The SMILES string of the molecule is CCOC(=O)c1c(-c2ccccc2)csc1/N=C(\NC#N)SC. The number of aliphatic imine (C=N–C) groups is 1. The van der Waals surface area contributed by atoms with Gasteiger partial charge in [-0.1, -0.05) is 42.1 Å². The van der Waals surface area contributed by atoms with Crippen LogP contribution in [0, 0.1) is 11.5 Å². The van der Waals surface area contributed by atoms with Crippen molar-refractivity contribution >= 4 is 39.2 Å². The van der Waals surface area contributed by atoms with Crippen LogP contribution < -0.4 is 5.32 Å². The number of nitriles is 1. The smallest absolute Gasteiger partial charge is 0.341 e. The Labute approximate surface area is 143 Å². The second-order valence-corrected chi connectivity index (χ2v) is 5.93. The van der Waals surface area contributed by atoms with E-state index in [1.807, 2.05) is 41.9 Å². The van der Waals surface area contributed by atoms with Crippen molar-refractivity contribution in [2.45, 2.75) is 6.92 Å². The second kappa shape index (κ2) is 8.36. The Balaban J connectivity index is 2.54. The molecule has 0 bridgehead atoms. The Morgan fingerprint density at radius 3 is 2.78 bits per heavy atom. The van der Waals surface area contributed by atoms with Gasteiger partial charge in [0.05, 0.1) is 6.61 Å². The summed E-state index contributed by atoms with van der Waals surface area (Å²) in [5.74, 6) is -0.413. The minimum atomic E-state index is -0.413. The Morgan fingerprint density at radius 1 is 1.43 bits per heavy atom. The standard InChI is InChI=1S/C16H15N3O2S2/c1-3-21-15(20)13-12(11-7-5-4-6-8-11)9-23-14(13)19-16(22-2)18-10-17/h4-9H,3H2,1-2H3,(H,18,19). The fraction of sp³-hybridized carbons (Fsp3) is 0.188. The summed E-state index contributed by atoms with van der Waals surface area (Å²) in [6.07, 6.45) is 3.64. The number of hydrogen-bond acceptors (Lipinski definition) is 6. The van der Waals surface area contributed by atoms with E-state index in [1.165, 1.54) is 23.1 Å². The molecule has 0 radical (unpaired) electrons. The minimum Gasteiger partial charge on any atom is -0.462 e. The third kappa shape index (κ3) is 4.12. The van der Waals surface area contributed by atoms with Crippen molar-refractivity contribution in [2.75, 3.05) is 12.9 Å². The lowest BCUT2D eigenvalue weighted by molar-refractivity contribution is 0.0529. The molecule has 1 heterocycles. The van der Waals surface area contributed by atoms with Gasteiger partial charge in [0.15, 0.2) is 11.4 Å². The van der Waals surface area contributed by atoms with Crippen LogP contribution in [0.15, 0.2) is 40.7 Å². The van der Waals surface area contributed by atoms with Gasteiger partial charge < -0.3 is 4.74 Å². The summed E-state index contributed by atoms with van der Waals surface area (Å²) < 4.78 is 5.17. The van der Waals surface area contributed by atoms with Crippen LogP contribution in [0.3, 0.4) is 0 Å². The molecule has 0 spiro atoms. The third-order valence-corrected chi connectivity index (χ3v) is 4.35. The highest BCUT2D eigenvalue weighted by atomic mass is 32.2. The first-order valence-electron chi connectivity index (χ1n) is 6.83. The van der Waals surface area contributed by atoms with Crippen molar-refractivity contribution in [1.82, 2.24) is 5.32 Å². The van der Waals surface area contributed by atoms with Gasteiger partial charge in [0.25, 0.3) is 0 Å². The number of ether oxygens (including phenoxy) is 1. The Morgan fingerprint density at radius 2 is 2.17 bits per heavy atom.